The molecule has 1 fully saturated rings. The van der Waals surface area contributed by atoms with Crippen molar-refractivity contribution in [3.8, 4) is 0 Å². The predicted octanol–water partition coefficient (Wildman–Crippen LogP) is 2.67. The van der Waals surface area contributed by atoms with Gasteiger partial charge in [0, 0.05) is 12.2 Å². The van der Waals surface area contributed by atoms with Gasteiger partial charge in [-0.1, -0.05) is 6.92 Å². The Balaban J connectivity index is 1.85. The molecule has 1 aromatic rings. The Kier molecular flexibility index (Phi) is 4.95. The molecule has 1 heterocycles. The van der Waals surface area contributed by atoms with Gasteiger partial charge in [0.25, 0.3) is 0 Å². The van der Waals surface area contributed by atoms with Crippen molar-refractivity contribution in [2.45, 2.75) is 19.8 Å². The third-order valence-electron chi connectivity index (χ3n) is 3.95. The zero-order valence-corrected chi connectivity index (χ0v) is 11.7. The summed E-state index contributed by atoms with van der Waals surface area (Å²) in [6.45, 7) is 6.32. The van der Waals surface area contributed by atoms with Crippen LogP contribution in [0.3, 0.4) is 0 Å². The Morgan fingerprint density at radius 3 is 2.70 bits per heavy atom. The number of carboxylic acids is 1. The van der Waals surface area contributed by atoms with Gasteiger partial charge < -0.3 is 15.3 Å². The standard InChI is InChI=1S/C15H21FN2O2/c1-2-18-7-5-11(6-8-18)10-17-12-3-4-13(15(19)20)14(16)9-12/h3-4,9,11,17H,2,5-8,10H2,1H3,(H,19,20). The third-order valence-corrected chi connectivity index (χ3v) is 3.95. The number of likely N-dealkylation sites (tertiary alicyclic amines) is 1. The van der Waals surface area contributed by atoms with Crippen LogP contribution in [0, 0.1) is 11.7 Å². The Bertz CT molecular complexity index is 471. The normalized spacial score (nSPS) is 17.1. The van der Waals surface area contributed by atoms with Gasteiger partial charge in [0.05, 0.1) is 5.56 Å². The van der Waals surface area contributed by atoms with Crippen molar-refractivity contribution in [2.75, 3.05) is 31.5 Å². The maximum atomic E-state index is 13.5. The second-order valence-corrected chi connectivity index (χ2v) is 5.26. The molecule has 0 saturated carbocycles. The highest BCUT2D eigenvalue weighted by Crippen LogP contribution is 2.19. The Labute approximate surface area is 118 Å². The molecule has 0 unspecified atom stereocenters. The molecule has 2 rings (SSSR count). The molecule has 110 valence electrons. The van der Waals surface area contributed by atoms with Crippen LogP contribution in [-0.4, -0.2) is 42.2 Å². The number of rotatable bonds is 5. The molecule has 1 aliphatic rings. The molecular formula is C15H21FN2O2. The SMILES string of the molecule is CCN1CCC(CNc2ccc(C(=O)O)c(F)c2)CC1. The number of piperidine rings is 1. The molecule has 2 N–H and O–H groups in total. The summed E-state index contributed by atoms with van der Waals surface area (Å²) in [7, 11) is 0. The van der Waals surface area contributed by atoms with Crippen molar-refractivity contribution in [3.05, 3.63) is 29.6 Å². The number of nitrogens with zero attached hydrogens (tertiary/aromatic N) is 1. The van der Waals surface area contributed by atoms with E-state index < -0.39 is 11.8 Å². The fourth-order valence-electron chi connectivity index (χ4n) is 2.57. The van der Waals surface area contributed by atoms with Crippen molar-refractivity contribution in [1.82, 2.24) is 4.90 Å². The van der Waals surface area contributed by atoms with Crippen LogP contribution in [-0.2, 0) is 0 Å². The van der Waals surface area contributed by atoms with Gasteiger partial charge in [-0.3, -0.25) is 0 Å². The van der Waals surface area contributed by atoms with Crippen LogP contribution in [0.2, 0.25) is 0 Å². The van der Waals surface area contributed by atoms with Gasteiger partial charge in [0.1, 0.15) is 5.82 Å². The van der Waals surface area contributed by atoms with Crippen LogP contribution in [0.1, 0.15) is 30.1 Å². The molecule has 4 nitrogen and oxygen atoms in total. The summed E-state index contributed by atoms with van der Waals surface area (Å²) in [6.07, 6.45) is 2.30. The van der Waals surface area contributed by atoms with E-state index in [2.05, 4.69) is 17.1 Å². The van der Waals surface area contributed by atoms with E-state index in [9.17, 15) is 9.18 Å². The first-order valence-corrected chi connectivity index (χ1v) is 7.09. The lowest BCUT2D eigenvalue weighted by atomic mass is 9.97. The topological polar surface area (TPSA) is 52.6 Å². The van der Waals surface area contributed by atoms with Crippen LogP contribution >= 0.6 is 0 Å². The molecule has 0 radical (unpaired) electrons. The Morgan fingerprint density at radius 2 is 2.15 bits per heavy atom. The van der Waals surface area contributed by atoms with Gasteiger partial charge in [0.15, 0.2) is 0 Å². The average Bonchev–Trinajstić information content (AvgIpc) is 2.45. The number of halogens is 1. The smallest absolute Gasteiger partial charge is 0.338 e. The van der Waals surface area contributed by atoms with Crippen LogP contribution < -0.4 is 5.32 Å². The molecule has 1 aromatic carbocycles. The zero-order valence-electron chi connectivity index (χ0n) is 11.7. The van der Waals surface area contributed by atoms with E-state index in [1.807, 2.05) is 0 Å². The zero-order chi connectivity index (χ0) is 14.5. The minimum Gasteiger partial charge on any atom is -0.478 e. The number of carboxylic acid groups (broad SMARTS) is 1. The molecule has 1 aliphatic heterocycles. The van der Waals surface area contributed by atoms with Crippen molar-refractivity contribution < 1.29 is 14.3 Å². The quantitative estimate of drug-likeness (QED) is 0.870. The summed E-state index contributed by atoms with van der Waals surface area (Å²) in [4.78, 5) is 13.2. The molecule has 20 heavy (non-hydrogen) atoms. The van der Waals surface area contributed by atoms with Gasteiger partial charge in [-0.15, -0.1) is 0 Å². The van der Waals surface area contributed by atoms with E-state index in [0.29, 0.717) is 11.6 Å². The summed E-state index contributed by atoms with van der Waals surface area (Å²) in [5.74, 6) is -1.33. The Morgan fingerprint density at radius 1 is 1.45 bits per heavy atom. The highest BCUT2D eigenvalue weighted by atomic mass is 19.1. The average molecular weight is 280 g/mol. The first-order valence-electron chi connectivity index (χ1n) is 7.09. The number of aromatic carboxylic acids is 1. The first-order chi connectivity index (χ1) is 9.60. The molecule has 5 heteroatoms. The largest absolute Gasteiger partial charge is 0.478 e. The highest BCUT2D eigenvalue weighted by Gasteiger charge is 2.18. The minimum absolute atomic E-state index is 0.285. The van der Waals surface area contributed by atoms with Gasteiger partial charge in [0.2, 0.25) is 0 Å². The number of hydrogen-bond acceptors (Lipinski definition) is 3. The van der Waals surface area contributed by atoms with Crippen molar-refractivity contribution >= 4 is 11.7 Å². The van der Waals surface area contributed by atoms with Crippen molar-refractivity contribution in [1.29, 1.82) is 0 Å². The lowest BCUT2D eigenvalue weighted by molar-refractivity contribution is 0.0692. The molecular weight excluding hydrogens is 259 g/mol. The van der Waals surface area contributed by atoms with Crippen molar-refractivity contribution in [3.63, 3.8) is 0 Å². The van der Waals surface area contributed by atoms with E-state index in [4.69, 9.17) is 5.11 Å². The molecule has 0 atom stereocenters. The van der Waals surface area contributed by atoms with E-state index in [1.54, 1.807) is 6.07 Å². The maximum Gasteiger partial charge on any atom is 0.338 e. The molecule has 1 saturated heterocycles. The molecule has 0 aromatic heterocycles. The predicted molar refractivity (Wildman–Crippen MR) is 76.7 cm³/mol. The van der Waals surface area contributed by atoms with E-state index >= 15 is 0 Å². The number of hydrogen-bond donors (Lipinski definition) is 2. The molecule has 0 spiro atoms. The molecule has 0 aliphatic carbocycles. The number of benzene rings is 1. The summed E-state index contributed by atoms with van der Waals surface area (Å²) in [5, 5.41) is 12.0. The summed E-state index contributed by atoms with van der Waals surface area (Å²) < 4.78 is 13.5. The maximum absolute atomic E-state index is 13.5. The lowest BCUT2D eigenvalue weighted by Gasteiger charge is -2.31. The van der Waals surface area contributed by atoms with Crippen LogP contribution in [0.25, 0.3) is 0 Å². The monoisotopic (exact) mass is 280 g/mol. The summed E-state index contributed by atoms with van der Waals surface area (Å²) in [5.41, 5.74) is 0.359. The lowest BCUT2D eigenvalue weighted by Crippen LogP contribution is -2.35. The van der Waals surface area contributed by atoms with Gasteiger partial charge >= 0.3 is 5.97 Å². The summed E-state index contributed by atoms with van der Waals surface area (Å²) >= 11 is 0. The highest BCUT2D eigenvalue weighted by molar-refractivity contribution is 5.88. The van der Waals surface area contributed by atoms with Gasteiger partial charge in [-0.2, -0.15) is 0 Å². The van der Waals surface area contributed by atoms with Gasteiger partial charge in [-0.05, 0) is 56.6 Å². The van der Waals surface area contributed by atoms with E-state index in [-0.39, 0.29) is 5.56 Å². The second-order valence-electron chi connectivity index (χ2n) is 5.26. The number of carbonyl (C=O) groups is 1. The Hall–Kier alpha value is -1.62. The van der Waals surface area contributed by atoms with Crippen molar-refractivity contribution in [2.24, 2.45) is 5.92 Å². The number of nitrogens with one attached hydrogen (secondary N) is 1. The first kappa shape index (κ1) is 14.8. The molecule has 0 amide bonds. The fourth-order valence-corrected chi connectivity index (χ4v) is 2.57. The number of anilines is 1. The minimum atomic E-state index is -1.24. The fraction of sp³-hybridized carbons (Fsp3) is 0.533. The van der Waals surface area contributed by atoms with E-state index in [0.717, 1.165) is 39.0 Å². The van der Waals surface area contributed by atoms with E-state index in [1.165, 1.54) is 12.1 Å². The summed E-state index contributed by atoms with van der Waals surface area (Å²) in [6, 6.07) is 4.18. The van der Waals surface area contributed by atoms with Crippen LogP contribution in [0.4, 0.5) is 10.1 Å². The van der Waals surface area contributed by atoms with Crippen LogP contribution in [0.5, 0.6) is 0 Å². The van der Waals surface area contributed by atoms with Gasteiger partial charge in [-0.25, -0.2) is 9.18 Å². The third kappa shape index (κ3) is 3.70. The second kappa shape index (κ2) is 6.70. The molecule has 0 bridgehead atoms. The van der Waals surface area contributed by atoms with Crippen LogP contribution in [0.15, 0.2) is 18.2 Å².